The lowest BCUT2D eigenvalue weighted by Crippen LogP contribution is -2.40. The fourth-order valence-electron chi connectivity index (χ4n) is 3.49. The summed E-state index contributed by atoms with van der Waals surface area (Å²) in [4.78, 5) is 26.2. The predicted octanol–water partition coefficient (Wildman–Crippen LogP) is 1.54. The van der Waals surface area contributed by atoms with Crippen LogP contribution in [0.4, 0.5) is 4.79 Å². The summed E-state index contributed by atoms with van der Waals surface area (Å²) in [5, 5.41) is 20.8. The molecule has 0 bridgehead atoms. The lowest BCUT2D eigenvalue weighted by Gasteiger charge is -2.25. The van der Waals surface area contributed by atoms with E-state index in [1.165, 1.54) is 17.0 Å². The second-order valence-corrected chi connectivity index (χ2v) is 7.77. The highest BCUT2D eigenvalue weighted by molar-refractivity contribution is 5.87. The third-order valence-electron chi connectivity index (χ3n) is 5.16. The van der Waals surface area contributed by atoms with E-state index in [2.05, 4.69) is 0 Å². The summed E-state index contributed by atoms with van der Waals surface area (Å²) in [6, 6.07) is 2.72. The molecule has 156 valence electrons. The van der Waals surface area contributed by atoms with Crippen LogP contribution in [0.15, 0.2) is 21.3 Å². The molecule has 0 spiro atoms. The molecule has 1 fully saturated rings. The molecule has 1 aromatic heterocycles. The third kappa shape index (κ3) is 3.75. The van der Waals surface area contributed by atoms with E-state index in [9.17, 15) is 19.8 Å². The first-order chi connectivity index (χ1) is 13.7. The lowest BCUT2D eigenvalue weighted by atomic mass is 9.96. The Morgan fingerprint density at radius 3 is 2.72 bits per heavy atom. The van der Waals surface area contributed by atoms with Gasteiger partial charge in [-0.1, -0.05) is 0 Å². The molecule has 2 aliphatic rings. The lowest BCUT2D eigenvalue weighted by molar-refractivity contribution is -0.0229. The van der Waals surface area contributed by atoms with Crippen molar-refractivity contribution in [3.8, 4) is 11.5 Å². The molecule has 9 nitrogen and oxygen atoms in total. The van der Waals surface area contributed by atoms with E-state index in [4.69, 9.17) is 18.6 Å². The molecule has 1 saturated heterocycles. The quantitative estimate of drug-likeness (QED) is 0.789. The summed E-state index contributed by atoms with van der Waals surface area (Å²) in [6.45, 7) is 4.81. The second kappa shape index (κ2) is 7.23. The highest BCUT2D eigenvalue weighted by Crippen LogP contribution is 2.42. The van der Waals surface area contributed by atoms with Crippen LogP contribution >= 0.6 is 0 Å². The zero-order valence-corrected chi connectivity index (χ0v) is 16.3. The van der Waals surface area contributed by atoms with E-state index in [0.29, 0.717) is 37.6 Å². The Bertz CT molecular complexity index is 1000. The minimum absolute atomic E-state index is 0.0343. The van der Waals surface area contributed by atoms with Crippen LogP contribution in [-0.2, 0) is 22.5 Å². The molecule has 1 amide bonds. The molecule has 2 N–H and O–H groups in total. The molecule has 0 aliphatic carbocycles. The maximum absolute atomic E-state index is 12.6. The Morgan fingerprint density at radius 1 is 1.31 bits per heavy atom. The van der Waals surface area contributed by atoms with Crippen LogP contribution in [0.3, 0.4) is 0 Å². The number of phenols is 1. The van der Waals surface area contributed by atoms with Crippen molar-refractivity contribution in [2.45, 2.75) is 38.6 Å². The van der Waals surface area contributed by atoms with Gasteiger partial charge in [0.2, 0.25) is 0 Å². The minimum Gasteiger partial charge on any atom is -0.507 e. The molecule has 1 unspecified atom stereocenters. The van der Waals surface area contributed by atoms with Gasteiger partial charge in [0.15, 0.2) is 12.0 Å². The van der Waals surface area contributed by atoms with Crippen molar-refractivity contribution in [1.29, 1.82) is 0 Å². The average Bonchev–Trinajstić information content (AvgIpc) is 3.11. The van der Waals surface area contributed by atoms with Crippen molar-refractivity contribution in [1.82, 2.24) is 4.90 Å². The molecule has 4 rings (SSSR count). The van der Waals surface area contributed by atoms with E-state index < -0.39 is 23.2 Å². The molecule has 0 saturated carbocycles. The molecular weight excluding hydrogens is 382 g/mol. The maximum atomic E-state index is 12.6. The number of benzene rings is 1. The number of rotatable bonds is 3. The number of morpholine rings is 1. The Hall–Kier alpha value is -2.78. The zero-order valence-electron chi connectivity index (χ0n) is 16.3. The average molecular weight is 405 g/mol. The summed E-state index contributed by atoms with van der Waals surface area (Å²) in [5.41, 5.74) is -0.977. The van der Waals surface area contributed by atoms with Crippen molar-refractivity contribution in [2.75, 3.05) is 26.3 Å². The molecule has 9 heteroatoms. The molecule has 2 aromatic rings. The van der Waals surface area contributed by atoms with Crippen LogP contribution in [0.25, 0.3) is 11.0 Å². The Balaban J connectivity index is 1.58. The minimum atomic E-state index is -1.12. The van der Waals surface area contributed by atoms with Crippen molar-refractivity contribution in [3.63, 3.8) is 0 Å². The van der Waals surface area contributed by atoms with Crippen LogP contribution in [-0.4, -0.2) is 59.2 Å². The largest absolute Gasteiger partial charge is 0.507 e. The Labute approximate surface area is 166 Å². The van der Waals surface area contributed by atoms with E-state index in [1.54, 1.807) is 13.8 Å². The summed E-state index contributed by atoms with van der Waals surface area (Å²) in [7, 11) is 0. The van der Waals surface area contributed by atoms with Crippen molar-refractivity contribution >= 4 is 17.1 Å². The van der Waals surface area contributed by atoms with Gasteiger partial charge in [0.05, 0.1) is 18.8 Å². The number of nitrogens with zero attached hydrogens (tertiary/aromatic N) is 1. The van der Waals surface area contributed by atoms with E-state index >= 15 is 0 Å². The highest BCUT2D eigenvalue weighted by atomic mass is 16.6. The van der Waals surface area contributed by atoms with E-state index in [1.807, 2.05) is 0 Å². The topological polar surface area (TPSA) is 119 Å². The number of amides is 1. The van der Waals surface area contributed by atoms with Crippen LogP contribution in [0, 0.1) is 0 Å². The number of aromatic hydroxyl groups is 1. The number of aliphatic hydroxyl groups is 1. The van der Waals surface area contributed by atoms with Gasteiger partial charge in [-0.25, -0.2) is 4.79 Å². The molecule has 2 aliphatic heterocycles. The van der Waals surface area contributed by atoms with Gasteiger partial charge >= 0.3 is 6.09 Å². The summed E-state index contributed by atoms with van der Waals surface area (Å²) in [5.74, 6) is 0.295. The van der Waals surface area contributed by atoms with Crippen LogP contribution in [0.1, 0.15) is 25.2 Å². The van der Waals surface area contributed by atoms with Crippen LogP contribution < -0.4 is 10.2 Å². The fourth-order valence-corrected chi connectivity index (χ4v) is 3.49. The normalized spacial score (nSPS) is 19.1. The smallest absolute Gasteiger partial charge is 0.410 e. The molecule has 0 radical (unpaired) electrons. The second-order valence-electron chi connectivity index (χ2n) is 7.77. The van der Waals surface area contributed by atoms with Crippen molar-refractivity contribution in [2.24, 2.45) is 0 Å². The summed E-state index contributed by atoms with van der Waals surface area (Å²) >= 11 is 0. The van der Waals surface area contributed by atoms with Gasteiger partial charge < -0.3 is 33.7 Å². The van der Waals surface area contributed by atoms with Crippen LogP contribution in [0.5, 0.6) is 11.5 Å². The van der Waals surface area contributed by atoms with E-state index in [0.717, 1.165) is 0 Å². The zero-order chi connectivity index (χ0) is 20.8. The maximum Gasteiger partial charge on any atom is 0.410 e. The SMILES string of the molecule is CC(C)(O)C1Cc2c(cc3oc(COC(=O)N4CCOCC4)cc(=O)c3c2O)O1. The Morgan fingerprint density at radius 2 is 2.03 bits per heavy atom. The number of carbonyl (C=O) groups is 1. The molecular formula is C20H23NO8. The van der Waals surface area contributed by atoms with Gasteiger partial charge in [-0.3, -0.25) is 4.79 Å². The van der Waals surface area contributed by atoms with Crippen molar-refractivity contribution < 1.29 is 33.6 Å². The fraction of sp³-hybridized carbons (Fsp3) is 0.500. The summed E-state index contributed by atoms with van der Waals surface area (Å²) < 4.78 is 21.8. The monoisotopic (exact) mass is 405 g/mol. The van der Waals surface area contributed by atoms with Gasteiger partial charge in [0.25, 0.3) is 0 Å². The Kier molecular flexibility index (Phi) is 4.87. The van der Waals surface area contributed by atoms with Crippen LogP contribution in [0.2, 0.25) is 0 Å². The molecule has 3 heterocycles. The first kappa shape index (κ1) is 19.5. The standard InChI is InChI=1S/C20H23NO8/c1-20(2,25)16-8-12-14(29-16)9-15-17(18(12)23)13(22)7-11(28-15)10-27-19(24)21-3-5-26-6-4-21/h7,9,16,23,25H,3-6,8,10H2,1-2H3. The molecule has 1 aromatic carbocycles. The first-order valence-electron chi connectivity index (χ1n) is 9.44. The van der Waals surface area contributed by atoms with Gasteiger partial charge in [-0.2, -0.15) is 0 Å². The summed E-state index contributed by atoms with van der Waals surface area (Å²) in [6.07, 6.45) is -0.785. The number of fused-ring (bicyclic) bond motifs is 2. The first-order valence-corrected chi connectivity index (χ1v) is 9.44. The highest BCUT2D eigenvalue weighted by Gasteiger charge is 2.37. The molecule has 29 heavy (non-hydrogen) atoms. The number of carbonyl (C=O) groups excluding carboxylic acids is 1. The number of ether oxygens (including phenoxy) is 3. The van der Waals surface area contributed by atoms with Gasteiger partial charge in [-0.05, 0) is 13.8 Å². The predicted molar refractivity (Wildman–Crippen MR) is 101 cm³/mol. The number of hydrogen-bond acceptors (Lipinski definition) is 8. The number of phenolic OH excluding ortho intramolecular Hbond substituents is 1. The number of hydrogen-bond donors (Lipinski definition) is 2. The third-order valence-corrected chi connectivity index (χ3v) is 5.16. The van der Waals surface area contributed by atoms with Gasteiger partial charge in [0.1, 0.15) is 34.3 Å². The van der Waals surface area contributed by atoms with Gasteiger partial charge in [0, 0.05) is 37.2 Å². The van der Waals surface area contributed by atoms with Gasteiger partial charge in [-0.15, -0.1) is 0 Å². The molecule has 1 atom stereocenters. The van der Waals surface area contributed by atoms with E-state index in [-0.39, 0.29) is 35.5 Å². The van der Waals surface area contributed by atoms with Crippen molar-refractivity contribution in [3.05, 3.63) is 33.7 Å².